The second-order valence-electron chi connectivity index (χ2n) is 7.84. The van der Waals surface area contributed by atoms with Gasteiger partial charge in [0, 0.05) is 12.6 Å². The summed E-state index contributed by atoms with van der Waals surface area (Å²) in [6.45, 7) is 4.05. The molecule has 2 aromatic carbocycles. The molecule has 10 nitrogen and oxygen atoms in total. The summed E-state index contributed by atoms with van der Waals surface area (Å²) >= 11 is 0. The Morgan fingerprint density at radius 1 is 0.943 bits per heavy atom. The molecular formula is C25H32N4O6. The maximum atomic E-state index is 12.0. The van der Waals surface area contributed by atoms with Crippen molar-refractivity contribution >= 4 is 23.9 Å². The average molecular weight is 485 g/mol. The van der Waals surface area contributed by atoms with Gasteiger partial charge in [0.1, 0.15) is 12.2 Å². The second kappa shape index (κ2) is 14.2. The lowest BCUT2D eigenvalue weighted by molar-refractivity contribution is -0.129. The third-order valence-corrected chi connectivity index (χ3v) is 4.61. The molecule has 3 amide bonds. The number of hydrazone groups is 1. The Morgan fingerprint density at radius 3 is 2.31 bits per heavy atom. The third kappa shape index (κ3) is 10.2. The molecule has 35 heavy (non-hydrogen) atoms. The predicted molar refractivity (Wildman–Crippen MR) is 132 cm³/mol. The van der Waals surface area contributed by atoms with Crippen LogP contribution in [0.15, 0.2) is 47.6 Å². The van der Waals surface area contributed by atoms with Gasteiger partial charge in [-0.1, -0.05) is 6.07 Å². The van der Waals surface area contributed by atoms with Gasteiger partial charge in [0.25, 0.3) is 5.91 Å². The van der Waals surface area contributed by atoms with Gasteiger partial charge in [-0.05, 0) is 67.8 Å². The summed E-state index contributed by atoms with van der Waals surface area (Å²) in [6.07, 6.45) is 1.69. The monoisotopic (exact) mass is 484 g/mol. The molecule has 0 spiro atoms. The Balaban J connectivity index is 1.69. The van der Waals surface area contributed by atoms with Crippen LogP contribution in [0.4, 0.5) is 0 Å². The van der Waals surface area contributed by atoms with Crippen molar-refractivity contribution in [3.8, 4) is 17.2 Å². The summed E-state index contributed by atoms with van der Waals surface area (Å²) < 4.78 is 15.9. The molecular weight excluding hydrogens is 452 g/mol. The molecule has 0 unspecified atom stereocenters. The minimum Gasteiger partial charge on any atom is -0.493 e. The van der Waals surface area contributed by atoms with Crippen molar-refractivity contribution < 1.29 is 28.6 Å². The van der Waals surface area contributed by atoms with Crippen LogP contribution in [0.25, 0.3) is 0 Å². The number of rotatable bonds is 13. The molecule has 0 saturated heterocycles. The zero-order valence-corrected chi connectivity index (χ0v) is 20.4. The molecule has 2 rings (SSSR count). The number of methoxy groups -OCH3 is 2. The Bertz CT molecular complexity index is 1020. The Labute approximate surface area is 205 Å². The zero-order chi connectivity index (χ0) is 25.6. The summed E-state index contributed by atoms with van der Waals surface area (Å²) in [4.78, 5) is 35.5. The normalized spacial score (nSPS) is 10.7. The molecule has 0 aliphatic rings. The van der Waals surface area contributed by atoms with E-state index in [0.29, 0.717) is 35.8 Å². The average Bonchev–Trinajstić information content (AvgIpc) is 2.83. The maximum Gasteiger partial charge on any atom is 0.258 e. The molecule has 0 aliphatic heterocycles. The van der Waals surface area contributed by atoms with Crippen molar-refractivity contribution in [2.75, 3.05) is 27.4 Å². The largest absolute Gasteiger partial charge is 0.493 e. The van der Waals surface area contributed by atoms with E-state index < -0.39 is 11.8 Å². The summed E-state index contributed by atoms with van der Waals surface area (Å²) in [7, 11) is 3.13. The molecule has 0 saturated carbocycles. The number of carbonyl (C=O) groups is 3. The van der Waals surface area contributed by atoms with E-state index in [2.05, 4.69) is 21.2 Å². The van der Waals surface area contributed by atoms with Gasteiger partial charge in [0.05, 0.1) is 20.4 Å². The molecule has 0 radical (unpaired) electrons. The number of ether oxygens (including phenoxy) is 3. The smallest absolute Gasteiger partial charge is 0.258 e. The van der Waals surface area contributed by atoms with Gasteiger partial charge in [0.2, 0.25) is 11.8 Å². The molecule has 188 valence electrons. The third-order valence-electron chi connectivity index (χ3n) is 4.61. The number of nitrogens with zero attached hydrogens (tertiary/aromatic N) is 1. The number of hydrogen-bond acceptors (Lipinski definition) is 7. The SMILES string of the molecule is COc1ccc(CCNC(=O)CC(=O)N/N=C/c2ccc(OCC(=O)NC(C)C)cc2)cc1OC. The number of hydrogen-bond donors (Lipinski definition) is 3. The highest BCUT2D eigenvalue weighted by molar-refractivity contribution is 5.97. The van der Waals surface area contributed by atoms with Gasteiger partial charge in [-0.2, -0.15) is 5.10 Å². The number of nitrogens with one attached hydrogen (secondary N) is 3. The van der Waals surface area contributed by atoms with Crippen LogP contribution in [0.1, 0.15) is 31.4 Å². The first-order valence-electron chi connectivity index (χ1n) is 11.1. The van der Waals surface area contributed by atoms with Crippen LogP contribution in [-0.2, 0) is 20.8 Å². The molecule has 3 N–H and O–H groups in total. The zero-order valence-electron chi connectivity index (χ0n) is 20.4. The fraction of sp³-hybridized carbons (Fsp3) is 0.360. The van der Waals surface area contributed by atoms with Crippen molar-refractivity contribution in [2.45, 2.75) is 32.7 Å². The van der Waals surface area contributed by atoms with E-state index in [-0.39, 0.29) is 25.0 Å². The van der Waals surface area contributed by atoms with E-state index in [1.54, 1.807) is 44.6 Å². The number of amides is 3. The van der Waals surface area contributed by atoms with Crippen molar-refractivity contribution in [2.24, 2.45) is 5.10 Å². The summed E-state index contributed by atoms with van der Waals surface area (Å²) in [6, 6.07) is 12.4. The minimum atomic E-state index is -0.527. The van der Waals surface area contributed by atoms with Crippen molar-refractivity contribution in [3.63, 3.8) is 0 Å². The van der Waals surface area contributed by atoms with Gasteiger partial charge < -0.3 is 24.8 Å². The predicted octanol–water partition coefficient (Wildman–Crippen LogP) is 1.81. The van der Waals surface area contributed by atoms with Crippen LogP contribution in [0, 0.1) is 0 Å². The highest BCUT2D eigenvalue weighted by Crippen LogP contribution is 2.27. The lowest BCUT2D eigenvalue weighted by atomic mass is 10.1. The van der Waals surface area contributed by atoms with Crippen LogP contribution in [0.3, 0.4) is 0 Å². The highest BCUT2D eigenvalue weighted by atomic mass is 16.5. The molecule has 0 aromatic heterocycles. The van der Waals surface area contributed by atoms with Crippen molar-refractivity contribution in [1.82, 2.24) is 16.1 Å². The lowest BCUT2D eigenvalue weighted by Gasteiger charge is -2.10. The first kappa shape index (κ1) is 27.2. The fourth-order valence-electron chi connectivity index (χ4n) is 2.97. The summed E-state index contributed by atoms with van der Waals surface area (Å²) in [5.41, 5.74) is 4.00. The van der Waals surface area contributed by atoms with E-state index in [1.807, 2.05) is 26.0 Å². The van der Waals surface area contributed by atoms with Gasteiger partial charge in [-0.15, -0.1) is 0 Å². The number of carbonyl (C=O) groups excluding carboxylic acids is 3. The standard InChI is InChI=1S/C25H32N4O6/c1-17(2)28-25(32)16-35-20-8-5-19(6-9-20)15-27-29-24(31)14-23(30)26-12-11-18-7-10-21(33-3)22(13-18)34-4/h5-10,13,15,17H,11-12,14,16H2,1-4H3,(H,26,30)(H,28,32)(H,29,31)/b27-15+. The Kier molecular flexibility index (Phi) is 11.1. The van der Waals surface area contributed by atoms with E-state index in [0.717, 1.165) is 5.56 Å². The van der Waals surface area contributed by atoms with Gasteiger partial charge >= 0.3 is 0 Å². The molecule has 0 heterocycles. The second-order valence-corrected chi connectivity index (χ2v) is 7.84. The molecule has 0 atom stereocenters. The maximum absolute atomic E-state index is 12.0. The quantitative estimate of drug-likeness (QED) is 0.226. The van der Waals surface area contributed by atoms with Crippen molar-refractivity contribution in [1.29, 1.82) is 0 Å². The van der Waals surface area contributed by atoms with Crippen LogP contribution >= 0.6 is 0 Å². The molecule has 0 fully saturated rings. The van der Waals surface area contributed by atoms with Gasteiger partial charge in [0.15, 0.2) is 18.1 Å². The van der Waals surface area contributed by atoms with Crippen LogP contribution < -0.4 is 30.3 Å². The van der Waals surface area contributed by atoms with E-state index in [9.17, 15) is 14.4 Å². The van der Waals surface area contributed by atoms with Gasteiger partial charge in [-0.3, -0.25) is 14.4 Å². The minimum absolute atomic E-state index is 0.0509. The van der Waals surface area contributed by atoms with Crippen LogP contribution in [0.5, 0.6) is 17.2 Å². The lowest BCUT2D eigenvalue weighted by Crippen LogP contribution is -2.34. The van der Waals surface area contributed by atoms with E-state index >= 15 is 0 Å². The molecule has 0 bridgehead atoms. The molecule has 0 aliphatic carbocycles. The van der Waals surface area contributed by atoms with E-state index in [1.165, 1.54) is 6.21 Å². The van der Waals surface area contributed by atoms with Crippen LogP contribution in [-0.4, -0.2) is 57.3 Å². The molecule has 2 aromatic rings. The highest BCUT2D eigenvalue weighted by Gasteiger charge is 2.09. The number of benzene rings is 2. The Hall–Kier alpha value is -4.08. The first-order valence-corrected chi connectivity index (χ1v) is 11.1. The van der Waals surface area contributed by atoms with Crippen molar-refractivity contribution in [3.05, 3.63) is 53.6 Å². The molecule has 10 heteroatoms. The van der Waals surface area contributed by atoms with Crippen LogP contribution in [0.2, 0.25) is 0 Å². The Morgan fingerprint density at radius 2 is 1.66 bits per heavy atom. The van der Waals surface area contributed by atoms with Gasteiger partial charge in [-0.25, -0.2) is 5.43 Å². The van der Waals surface area contributed by atoms with E-state index in [4.69, 9.17) is 14.2 Å². The first-order chi connectivity index (χ1) is 16.8. The summed E-state index contributed by atoms with van der Waals surface area (Å²) in [5, 5.41) is 9.31. The topological polar surface area (TPSA) is 127 Å². The summed E-state index contributed by atoms with van der Waals surface area (Å²) in [5.74, 6) is 0.660. The fourth-order valence-corrected chi connectivity index (χ4v) is 2.97.